The van der Waals surface area contributed by atoms with Gasteiger partial charge in [-0.1, -0.05) is 35.5 Å². The molecule has 2 rings (SSSR count). The summed E-state index contributed by atoms with van der Waals surface area (Å²) in [6.07, 6.45) is 1.62. The van der Waals surface area contributed by atoms with Crippen LogP contribution in [0.15, 0.2) is 36.5 Å². The van der Waals surface area contributed by atoms with Crippen LogP contribution in [0.2, 0.25) is 0 Å². The summed E-state index contributed by atoms with van der Waals surface area (Å²) in [5, 5.41) is 19.7. The molecule has 7 nitrogen and oxygen atoms in total. The second-order valence-electron chi connectivity index (χ2n) is 4.32. The van der Waals surface area contributed by atoms with Crippen LogP contribution >= 0.6 is 0 Å². The SMILES string of the molecule is NCc1cn(CC(=O)NC(CO)c2ccccc2)nn1. The van der Waals surface area contributed by atoms with Crippen LogP contribution in [0.4, 0.5) is 0 Å². The van der Waals surface area contributed by atoms with Crippen molar-refractivity contribution in [3.05, 3.63) is 47.8 Å². The number of carbonyl (C=O) groups excluding carboxylic acids is 1. The van der Waals surface area contributed by atoms with Gasteiger partial charge in [-0.15, -0.1) is 5.10 Å². The Hall–Kier alpha value is -2.25. The zero-order chi connectivity index (χ0) is 14.4. The number of hydrogen-bond donors (Lipinski definition) is 3. The smallest absolute Gasteiger partial charge is 0.242 e. The topological polar surface area (TPSA) is 106 Å². The average Bonchev–Trinajstić information content (AvgIpc) is 2.93. The van der Waals surface area contributed by atoms with E-state index in [9.17, 15) is 9.90 Å². The molecule has 0 radical (unpaired) electrons. The third-order valence-electron chi connectivity index (χ3n) is 2.82. The molecule has 1 aromatic heterocycles. The van der Waals surface area contributed by atoms with Gasteiger partial charge in [0.05, 0.1) is 24.5 Å². The van der Waals surface area contributed by atoms with Crippen LogP contribution in [0.5, 0.6) is 0 Å². The van der Waals surface area contributed by atoms with Crippen molar-refractivity contribution in [2.24, 2.45) is 5.73 Å². The van der Waals surface area contributed by atoms with Crippen LogP contribution in [0, 0.1) is 0 Å². The third-order valence-corrected chi connectivity index (χ3v) is 2.82. The number of benzene rings is 1. The van der Waals surface area contributed by atoms with Crippen molar-refractivity contribution in [3.8, 4) is 0 Å². The van der Waals surface area contributed by atoms with E-state index in [0.29, 0.717) is 5.69 Å². The zero-order valence-electron chi connectivity index (χ0n) is 10.9. The summed E-state index contributed by atoms with van der Waals surface area (Å²) in [5.74, 6) is -0.249. The quantitative estimate of drug-likeness (QED) is 0.664. The second-order valence-corrected chi connectivity index (χ2v) is 4.32. The molecule has 4 N–H and O–H groups in total. The molecule has 1 amide bonds. The highest BCUT2D eigenvalue weighted by Gasteiger charge is 2.14. The molecule has 106 valence electrons. The monoisotopic (exact) mass is 275 g/mol. The van der Waals surface area contributed by atoms with E-state index >= 15 is 0 Å². The molecule has 0 bridgehead atoms. The van der Waals surface area contributed by atoms with Crippen LogP contribution in [0.25, 0.3) is 0 Å². The first-order valence-corrected chi connectivity index (χ1v) is 6.27. The highest BCUT2D eigenvalue weighted by atomic mass is 16.3. The van der Waals surface area contributed by atoms with E-state index < -0.39 is 6.04 Å². The molecule has 0 aliphatic carbocycles. The number of nitrogens with one attached hydrogen (secondary N) is 1. The average molecular weight is 275 g/mol. The summed E-state index contributed by atoms with van der Waals surface area (Å²) in [6, 6.07) is 8.86. The lowest BCUT2D eigenvalue weighted by Gasteiger charge is -2.16. The molecule has 20 heavy (non-hydrogen) atoms. The lowest BCUT2D eigenvalue weighted by atomic mass is 10.1. The van der Waals surface area contributed by atoms with E-state index in [0.717, 1.165) is 5.56 Å². The van der Waals surface area contributed by atoms with Gasteiger partial charge in [-0.2, -0.15) is 0 Å². The van der Waals surface area contributed by atoms with Crippen molar-refractivity contribution in [2.45, 2.75) is 19.1 Å². The highest BCUT2D eigenvalue weighted by molar-refractivity contribution is 5.76. The van der Waals surface area contributed by atoms with Crippen molar-refractivity contribution in [1.82, 2.24) is 20.3 Å². The van der Waals surface area contributed by atoms with E-state index in [4.69, 9.17) is 5.73 Å². The number of carbonyl (C=O) groups is 1. The molecule has 1 heterocycles. The molecule has 1 atom stereocenters. The molecule has 0 saturated carbocycles. The van der Waals surface area contributed by atoms with E-state index in [2.05, 4.69) is 15.6 Å². The Labute approximate surface area is 116 Å². The van der Waals surface area contributed by atoms with Crippen LogP contribution in [0.3, 0.4) is 0 Å². The van der Waals surface area contributed by atoms with Crippen LogP contribution in [0.1, 0.15) is 17.3 Å². The number of aliphatic hydroxyl groups excluding tert-OH is 1. The number of rotatable bonds is 6. The number of hydrogen-bond acceptors (Lipinski definition) is 5. The fourth-order valence-corrected chi connectivity index (χ4v) is 1.82. The first-order chi connectivity index (χ1) is 9.72. The summed E-state index contributed by atoms with van der Waals surface area (Å²) < 4.78 is 1.41. The first kappa shape index (κ1) is 14.2. The Kier molecular flexibility index (Phi) is 4.80. The van der Waals surface area contributed by atoms with Gasteiger partial charge in [0.25, 0.3) is 0 Å². The Bertz CT molecular complexity index is 555. The summed E-state index contributed by atoms with van der Waals surface area (Å²) >= 11 is 0. The maximum atomic E-state index is 11.9. The Balaban J connectivity index is 1.96. The highest BCUT2D eigenvalue weighted by Crippen LogP contribution is 2.11. The van der Waals surface area contributed by atoms with Crippen LogP contribution < -0.4 is 11.1 Å². The molecule has 1 unspecified atom stereocenters. The van der Waals surface area contributed by atoms with Crippen molar-refractivity contribution in [2.75, 3.05) is 6.61 Å². The van der Waals surface area contributed by atoms with Gasteiger partial charge in [0, 0.05) is 6.54 Å². The summed E-state index contributed by atoms with van der Waals surface area (Å²) in [6.45, 7) is 0.155. The van der Waals surface area contributed by atoms with E-state index in [1.54, 1.807) is 6.20 Å². The number of nitrogens with two attached hydrogens (primary N) is 1. The van der Waals surface area contributed by atoms with E-state index in [1.807, 2.05) is 30.3 Å². The molecule has 7 heteroatoms. The van der Waals surface area contributed by atoms with E-state index in [1.165, 1.54) is 4.68 Å². The zero-order valence-corrected chi connectivity index (χ0v) is 10.9. The van der Waals surface area contributed by atoms with E-state index in [-0.39, 0.29) is 25.6 Å². The number of amides is 1. The van der Waals surface area contributed by atoms with Gasteiger partial charge in [0.2, 0.25) is 5.91 Å². The molecule has 1 aromatic carbocycles. The molecular weight excluding hydrogens is 258 g/mol. The number of aromatic nitrogens is 3. The minimum Gasteiger partial charge on any atom is -0.394 e. The van der Waals surface area contributed by atoms with Gasteiger partial charge < -0.3 is 16.2 Å². The maximum Gasteiger partial charge on any atom is 0.242 e. The predicted molar refractivity (Wildman–Crippen MR) is 72.3 cm³/mol. The molecule has 2 aromatic rings. The van der Waals surface area contributed by atoms with Gasteiger partial charge >= 0.3 is 0 Å². The van der Waals surface area contributed by atoms with Crippen molar-refractivity contribution in [3.63, 3.8) is 0 Å². The number of aliphatic hydroxyl groups is 1. The third kappa shape index (κ3) is 3.62. The van der Waals surface area contributed by atoms with Crippen molar-refractivity contribution >= 4 is 5.91 Å². The standard InChI is InChI=1S/C13H17N5O2/c14-6-11-7-18(17-16-11)8-13(20)15-12(9-19)10-4-2-1-3-5-10/h1-5,7,12,19H,6,8-9,14H2,(H,15,20). The lowest BCUT2D eigenvalue weighted by molar-refractivity contribution is -0.123. The van der Waals surface area contributed by atoms with Gasteiger partial charge in [-0.05, 0) is 5.56 Å². The van der Waals surface area contributed by atoms with Gasteiger partial charge in [-0.3, -0.25) is 4.79 Å². The summed E-state index contributed by atoms with van der Waals surface area (Å²) in [7, 11) is 0. The molecule has 0 fully saturated rings. The summed E-state index contributed by atoms with van der Waals surface area (Å²) in [4.78, 5) is 11.9. The Morgan fingerprint density at radius 2 is 2.15 bits per heavy atom. The molecule has 0 saturated heterocycles. The minimum atomic E-state index is -0.429. The second kappa shape index (κ2) is 6.78. The number of nitrogens with zero attached hydrogens (tertiary/aromatic N) is 3. The van der Waals surface area contributed by atoms with Crippen molar-refractivity contribution in [1.29, 1.82) is 0 Å². The maximum absolute atomic E-state index is 11.9. The van der Waals surface area contributed by atoms with Gasteiger partial charge in [-0.25, -0.2) is 4.68 Å². The van der Waals surface area contributed by atoms with Crippen LogP contribution in [-0.2, 0) is 17.9 Å². The fraction of sp³-hybridized carbons (Fsp3) is 0.308. The van der Waals surface area contributed by atoms with Gasteiger partial charge in [0.1, 0.15) is 6.54 Å². The van der Waals surface area contributed by atoms with Gasteiger partial charge in [0.15, 0.2) is 0 Å². The summed E-state index contributed by atoms with van der Waals surface area (Å²) in [5.41, 5.74) is 6.90. The molecular formula is C13H17N5O2. The van der Waals surface area contributed by atoms with Crippen molar-refractivity contribution < 1.29 is 9.90 Å². The first-order valence-electron chi connectivity index (χ1n) is 6.27. The predicted octanol–water partition coefficient (Wildman–Crippen LogP) is -0.413. The minimum absolute atomic E-state index is 0.0380. The molecule has 0 aliphatic heterocycles. The van der Waals surface area contributed by atoms with Crippen LogP contribution in [-0.4, -0.2) is 32.6 Å². The fourth-order valence-electron chi connectivity index (χ4n) is 1.82. The lowest BCUT2D eigenvalue weighted by Crippen LogP contribution is -2.33. The molecule has 0 aliphatic rings. The Morgan fingerprint density at radius 1 is 1.40 bits per heavy atom. The largest absolute Gasteiger partial charge is 0.394 e. The normalized spacial score (nSPS) is 12.1. The Morgan fingerprint density at radius 3 is 2.75 bits per heavy atom. The molecule has 0 spiro atoms.